The molecule has 1 aromatic heterocycles. The number of piperazine rings is 1. The third-order valence-electron chi connectivity index (χ3n) is 4.82. The number of esters is 1. The van der Waals surface area contributed by atoms with Gasteiger partial charge in [0.2, 0.25) is 0 Å². The molecular weight excluding hydrogens is 433 g/mol. The summed E-state index contributed by atoms with van der Waals surface area (Å²) < 4.78 is 9.70. The number of aromatic nitrogens is 1. The predicted molar refractivity (Wildman–Crippen MR) is 115 cm³/mol. The molecule has 30 heavy (non-hydrogen) atoms. The second-order valence-electron chi connectivity index (χ2n) is 6.71. The molecule has 0 spiro atoms. The molecule has 0 aliphatic carbocycles. The maximum absolute atomic E-state index is 12.5. The lowest BCUT2D eigenvalue weighted by molar-refractivity contribution is -0.119. The Balaban J connectivity index is 0.00000225. The van der Waals surface area contributed by atoms with Gasteiger partial charge in [0.05, 0.1) is 13.7 Å². The number of hydrogen-bond acceptors (Lipinski definition) is 7. The van der Waals surface area contributed by atoms with E-state index in [0.29, 0.717) is 43.1 Å². The average molecular weight is 458 g/mol. The molecule has 10 heteroatoms. The van der Waals surface area contributed by atoms with Crippen molar-refractivity contribution in [2.75, 3.05) is 39.8 Å². The van der Waals surface area contributed by atoms with Crippen molar-refractivity contribution in [2.24, 2.45) is 0 Å². The Kier molecular flexibility index (Phi) is 9.98. The van der Waals surface area contributed by atoms with E-state index in [9.17, 15) is 14.4 Å². The second-order valence-corrected chi connectivity index (χ2v) is 6.71. The van der Waals surface area contributed by atoms with E-state index in [2.05, 4.69) is 9.89 Å². The van der Waals surface area contributed by atoms with Crippen LogP contribution in [0.25, 0.3) is 0 Å². The number of ether oxygens (including phenoxy) is 1. The summed E-state index contributed by atoms with van der Waals surface area (Å²) in [6, 6.07) is 9.18. The van der Waals surface area contributed by atoms with Crippen LogP contribution in [-0.4, -0.2) is 72.4 Å². The van der Waals surface area contributed by atoms with E-state index in [-0.39, 0.29) is 55.2 Å². The zero-order valence-electron chi connectivity index (χ0n) is 16.8. The molecule has 0 saturated carbocycles. The van der Waals surface area contributed by atoms with Crippen LogP contribution < -0.4 is 0 Å². The highest BCUT2D eigenvalue weighted by Crippen LogP contribution is 2.16. The summed E-state index contributed by atoms with van der Waals surface area (Å²) in [6.07, 6.45) is 0.0585. The van der Waals surface area contributed by atoms with Crippen LogP contribution in [0.1, 0.15) is 32.2 Å². The molecule has 1 saturated heterocycles. The molecule has 1 aliphatic heterocycles. The monoisotopic (exact) mass is 457 g/mol. The molecular formula is C20H25Cl2N3O5. The van der Waals surface area contributed by atoms with Gasteiger partial charge in [-0.05, 0) is 19.1 Å². The summed E-state index contributed by atoms with van der Waals surface area (Å²) in [5.41, 5.74) is 1.19. The molecule has 2 heterocycles. The molecule has 164 valence electrons. The first-order valence-electron chi connectivity index (χ1n) is 9.11. The zero-order chi connectivity index (χ0) is 20.1. The number of benzene rings is 1. The number of hydrogen-bond donors (Lipinski definition) is 0. The Hall–Kier alpha value is -2.42. The van der Waals surface area contributed by atoms with E-state index in [0.717, 1.165) is 0 Å². The van der Waals surface area contributed by atoms with Gasteiger partial charge in [0.1, 0.15) is 5.76 Å². The van der Waals surface area contributed by atoms with Crippen molar-refractivity contribution < 1.29 is 23.6 Å². The normalized spacial score (nSPS) is 13.7. The van der Waals surface area contributed by atoms with Gasteiger partial charge in [-0.1, -0.05) is 23.4 Å². The molecule has 0 atom stereocenters. The number of carbonyl (C=O) groups is 3. The van der Waals surface area contributed by atoms with E-state index in [4.69, 9.17) is 4.52 Å². The summed E-state index contributed by atoms with van der Waals surface area (Å²) in [5.74, 6) is -0.214. The first kappa shape index (κ1) is 25.6. The SMILES string of the molecule is COC(=O)c1noc(C)c1CC(=O)CN1CCN(C(=O)c2ccccc2)CC1.Cl.Cl. The number of halogens is 2. The van der Waals surface area contributed by atoms with Crippen molar-refractivity contribution in [1.82, 2.24) is 15.0 Å². The molecule has 3 rings (SSSR count). The zero-order valence-corrected chi connectivity index (χ0v) is 18.5. The molecule has 1 aromatic carbocycles. The molecule has 0 bridgehead atoms. The summed E-state index contributed by atoms with van der Waals surface area (Å²) in [6.45, 7) is 4.30. The van der Waals surface area contributed by atoms with Crippen LogP contribution >= 0.6 is 24.8 Å². The van der Waals surface area contributed by atoms with Crippen molar-refractivity contribution in [1.29, 1.82) is 0 Å². The minimum absolute atomic E-state index is 0. The standard InChI is InChI=1S/C20H23N3O5.2ClH/c1-14-17(18(21-28-14)20(26)27-2)12-16(24)13-22-8-10-23(11-9-22)19(25)15-6-4-3-5-7-15;;/h3-7H,8-13H2,1-2H3;2*1H. The molecule has 0 unspecified atom stereocenters. The molecule has 1 fully saturated rings. The van der Waals surface area contributed by atoms with E-state index in [1.165, 1.54) is 7.11 Å². The summed E-state index contributed by atoms with van der Waals surface area (Å²) in [7, 11) is 1.26. The Morgan fingerprint density at radius 2 is 1.70 bits per heavy atom. The highest BCUT2D eigenvalue weighted by Gasteiger charge is 2.26. The number of Topliss-reactive ketones (excluding diaryl/α,β-unsaturated/α-hetero) is 1. The first-order valence-corrected chi connectivity index (χ1v) is 9.11. The van der Waals surface area contributed by atoms with Gasteiger partial charge < -0.3 is 14.2 Å². The van der Waals surface area contributed by atoms with Crippen molar-refractivity contribution in [2.45, 2.75) is 13.3 Å². The molecule has 1 aliphatic rings. The molecule has 1 amide bonds. The number of ketones is 1. The van der Waals surface area contributed by atoms with Crippen molar-refractivity contribution >= 4 is 42.5 Å². The summed E-state index contributed by atoms with van der Waals surface area (Å²) in [4.78, 5) is 40.5. The third kappa shape index (κ3) is 6.04. The minimum atomic E-state index is -0.618. The molecule has 0 N–H and O–H groups in total. The summed E-state index contributed by atoms with van der Waals surface area (Å²) >= 11 is 0. The van der Waals surface area contributed by atoms with E-state index in [1.54, 1.807) is 24.0 Å². The Bertz CT molecular complexity index is 865. The fraction of sp³-hybridized carbons (Fsp3) is 0.400. The number of aryl methyl sites for hydroxylation is 1. The lowest BCUT2D eigenvalue weighted by atomic mass is 10.1. The number of rotatable bonds is 6. The highest BCUT2D eigenvalue weighted by atomic mass is 35.5. The van der Waals surface area contributed by atoms with Crippen LogP contribution in [-0.2, 0) is 16.0 Å². The topological polar surface area (TPSA) is 92.9 Å². The largest absolute Gasteiger partial charge is 0.464 e. The highest BCUT2D eigenvalue weighted by molar-refractivity contribution is 5.94. The van der Waals surface area contributed by atoms with E-state index in [1.807, 2.05) is 23.1 Å². The lowest BCUT2D eigenvalue weighted by Gasteiger charge is -2.34. The van der Waals surface area contributed by atoms with E-state index >= 15 is 0 Å². The Labute approximate surface area is 187 Å². The van der Waals surface area contributed by atoms with E-state index < -0.39 is 5.97 Å². The van der Waals surface area contributed by atoms with Gasteiger partial charge >= 0.3 is 5.97 Å². The smallest absolute Gasteiger partial charge is 0.360 e. The van der Waals surface area contributed by atoms with Gasteiger partial charge in [0.25, 0.3) is 5.91 Å². The molecule has 8 nitrogen and oxygen atoms in total. The second kappa shape index (κ2) is 11.7. The fourth-order valence-electron chi connectivity index (χ4n) is 3.23. The maximum atomic E-state index is 12.5. The first-order chi connectivity index (χ1) is 13.5. The quantitative estimate of drug-likeness (QED) is 0.613. The number of amides is 1. The number of carbonyl (C=O) groups excluding carboxylic acids is 3. The van der Waals surface area contributed by atoms with Crippen LogP contribution in [0.15, 0.2) is 34.9 Å². The van der Waals surface area contributed by atoms with Crippen LogP contribution in [0.4, 0.5) is 0 Å². The van der Waals surface area contributed by atoms with Crippen LogP contribution in [0.3, 0.4) is 0 Å². The predicted octanol–water partition coefficient (Wildman–Crippen LogP) is 2.18. The summed E-state index contributed by atoms with van der Waals surface area (Å²) in [5, 5.41) is 3.68. The average Bonchev–Trinajstić information content (AvgIpc) is 3.08. The maximum Gasteiger partial charge on any atom is 0.360 e. The fourth-order valence-corrected chi connectivity index (χ4v) is 3.23. The van der Waals surface area contributed by atoms with Crippen molar-refractivity contribution in [3.8, 4) is 0 Å². The van der Waals surface area contributed by atoms with Crippen molar-refractivity contribution in [3.05, 3.63) is 52.9 Å². The van der Waals surface area contributed by atoms with Crippen LogP contribution in [0.5, 0.6) is 0 Å². The lowest BCUT2D eigenvalue weighted by Crippen LogP contribution is -2.50. The van der Waals surface area contributed by atoms with Crippen molar-refractivity contribution in [3.63, 3.8) is 0 Å². The Morgan fingerprint density at radius 3 is 2.30 bits per heavy atom. The van der Waals surface area contributed by atoms with Gasteiger partial charge in [-0.25, -0.2) is 4.79 Å². The van der Waals surface area contributed by atoms with Crippen LogP contribution in [0, 0.1) is 6.92 Å². The number of methoxy groups -OCH3 is 1. The van der Waals surface area contributed by atoms with Crippen LogP contribution in [0.2, 0.25) is 0 Å². The Morgan fingerprint density at radius 1 is 1.07 bits per heavy atom. The minimum Gasteiger partial charge on any atom is -0.464 e. The number of nitrogens with zero attached hydrogens (tertiary/aromatic N) is 3. The van der Waals surface area contributed by atoms with Gasteiger partial charge in [-0.2, -0.15) is 0 Å². The molecule has 2 aromatic rings. The van der Waals surface area contributed by atoms with Gasteiger partial charge in [-0.3, -0.25) is 14.5 Å². The van der Waals surface area contributed by atoms with Gasteiger partial charge in [0.15, 0.2) is 11.5 Å². The third-order valence-corrected chi connectivity index (χ3v) is 4.82. The molecule has 0 radical (unpaired) electrons. The van der Waals surface area contributed by atoms with Gasteiger partial charge in [0, 0.05) is 43.7 Å². The van der Waals surface area contributed by atoms with Gasteiger partial charge in [-0.15, -0.1) is 24.8 Å².